The molecule has 20 heavy (non-hydrogen) atoms. The molecule has 0 atom stereocenters. The van der Waals surface area contributed by atoms with Crippen LogP contribution in [0.1, 0.15) is 21.9 Å². The van der Waals surface area contributed by atoms with Crippen LogP contribution in [0.5, 0.6) is 5.75 Å². The number of benzene rings is 1. The van der Waals surface area contributed by atoms with Crippen LogP contribution in [0.25, 0.3) is 0 Å². The summed E-state index contributed by atoms with van der Waals surface area (Å²) in [7, 11) is 0. The summed E-state index contributed by atoms with van der Waals surface area (Å²) in [4.78, 5) is 11.6. The van der Waals surface area contributed by atoms with E-state index < -0.39 is 0 Å². The molecule has 1 aromatic heterocycles. The average molecular weight is 271 g/mol. The Morgan fingerprint density at radius 2 is 2.05 bits per heavy atom. The minimum Gasteiger partial charge on any atom is -0.486 e. The number of ether oxygens (including phenoxy) is 1. The number of rotatable bonds is 6. The molecule has 0 unspecified atom stereocenters. The van der Waals surface area contributed by atoms with Gasteiger partial charge >= 0.3 is 0 Å². The second-order valence-corrected chi connectivity index (χ2v) is 4.37. The molecule has 1 aromatic carbocycles. The summed E-state index contributed by atoms with van der Waals surface area (Å²) in [5.74, 6) is 1.39. The molecule has 0 bridgehead atoms. The second-order valence-electron chi connectivity index (χ2n) is 4.37. The Morgan fingerprint density at radius 3 is 2.75 bits per heavy atom. The number of hydrogen-bond acceptors (Lipinski definition) is 3. The summed E-state index contributed by atoms with van der Waals surface area (Å²) >= 11 is 0. The standard InChI is InChI=1S/C16H17NO3/c1-3-10-17-16(18)15-9-8-14(20-15)11-19-13-6-4-12(2)5-7-13/h3-9H,1,10-11H2,2H3,(H,17,18). The normalized spacial score (nSPS) is 10.1. The van der Waals surface area contributed by atoms with E-state index in [0.717, 1.165) is 5.75 Å². The predicted octanol–water partition coefficient (Wildman–Crippen LogP) is 3.08. The van der Waals surface area contributed by atoms with E-state index in [2.05, 4.69) is 11.9 Å². The van der Waals surface area contributed by atoms with Gasteiger partial charge in [0.2, 0.25) is 0 Å². The molecule has 0 aliphatic heterocycles. The van der Waals surface area contributed by atoms with Crippen LogP contribution in [0.15, 0.2) is 53.5 Å². The molecule has 1 N–H and O–H groups in total. The number of nitrogens with one attached hydrogen (secondary N) is 1. The highest BCUT2D eigenvalue weighted by Gasteiger charge is 2.10. The maximum absolute atomic E-state index is 11.6. The predicted molar refractivity (Wildman–Crippen MR) is 76.7 cm³/mol. The minimum absolute atomic E-state index is 0.258. The summed E-state index contributed by atoms with van der Waals surface area (Å²) in [6, 6.07) is 11.1. The van der Waals surface area contributed by atoms with Crippen LogP contribution >= 0.6 is 0 Å². The van der Waals surface area contributed by atoms with Gasteiger partial charge in [0.15, 0.2) is 5.76 Å². The quantitative estimate of drug-likeness (QED) is 0.821. The van der Waals surface area contributed by atoms with Crippen molar-refractivity contribution in [3.05, 3.63) is 66.1 Å². The topological polar surface area (TPSA) is 51.5 Å². The Morgan fingerprint density at radius 1 is 1.30 bits per heavy atom. The van der Waals surface area contributed by atoms with Crippen LogP contribution in [-0.2, 0) is 6.61 Å². The van der Waals surface area contributed by atoms with Gasteiger partial charge in [0.1, 0.15) is 18.1 Å². The zero-order valence-corrected chi connectivity index (χ0v) is 11.4. The molecule has 0 spiro atoms. The van der Waals surface area contributed by atoms with Crippen molar-refractivity contribution in [3.8, 4) is 5.75 Å². The Labute approximate surface area is 118 Å². The highest BCUT2D eigenvalue weighted by atomic mass is 16.5. The molecule has 1 amide bonds. The molecule has 4 heteroatoms. The summed E-state index contributed by atoms with van der Waals surface area (Å²) < 4.78 is 11.0. The van der Waals surface area contributed by atoms with Gasteiger partial charge in [-0.3, -0.25) is 4.79 Å². The molecule has 0 aliphatic carbocycles. The molecular formula is C16H17NO3. The fourth-order valence-electron chi connectivity index (χ4n) is 1.62. The summed E-state index contributed by atoms with van der Waals surface area (Å²) in [6.45, 7) is 6.25. The zero-order valence-electron chi connectivity index (χ0n) is 11.4. The molecular weight excluding hydrogens is 254 g/mol. The first-order chi connectivity index (χ1) is 9.69. The van der Waals surface area contributed by atoms with Gasteiger partial charge in [-0.05, 0) is 31.2 Å². The number of hydrogen-bond donors (Lipinski definition) is 1. The monoisotopic (exact) mass is 271 g/mol. The Kier molecular flexibility index (Phi) is 4.60. The SMILES string of the molecule is C=CCNC(=O)c1ccc(COc2ccc(C)cc2)o1. The molecule has 104 valence electrons. The molecule has 0 fully saturated rings. The van der Waals surface area contributed by atoms with Crippen molar-refractivity contribution in [2.75, 3.05) is 6.54 Å². The molecule has 2 rings (SSSR count). The van der Waals surface area contributed by atoms with Crippen molar-refractivity contribution in [2.45, 2.75) is 13.5 Å². The Bertz CT molecular complexity index is 584. The van der Waals surface area contributed by atoms with Gasteiger partial charge in [0.05, 0.1) is 0 Å². The third-order valence-corrected chi connectivity index (χ3v) is 2.69. The first kappa shape index (κ1) is 13.9. The summed E-state index contributed by atoms with van der Waals surface area (Å²) in [6.07, 6.45) is 1.61. The number of aryl methyl sites for hydroxylation is 1. The zero-order chi connectivity index (χ0) is 14.4. The lowest BCUT2D eigenvalue weighted by Gasteiger charge is -2.04. The minimum atomic E-state index is -0.258. The third-order valence-electron chi connectivity index (χ3n) is 2.69. The van der Waals surface area contributed by atoms with E-state index in [0.29, 0.717) is 12.3 Å². The van der Waals surface area contributed by atoms with Crippen molar-refractivity contribution in [1.82, 2.24) is 5.32 Å². The molecule has 0 aliphatic rings. The largest absolute Gasteiger partial charge is 0.486 e. The lowest BCUT2D eigenvalue weighted by Crippen LogP contribution is -2.22. The molecule has 0 saturated heterocycles. The van der Waals surface area contributed by atoms with E-state index in [9.17, 15) is 4.79 Å². The fourth-order valence-corrected chi connectivity index (χ4v) is 1.62. The van der Waals surface area contributed by atoms with Crippen LogP contribution in [0.2, 0.25) is 0 Å². The van der Waals surface area contributed by atoms with E-state index >= 15 is 0 Å². The number of carbonyl (C=O) groups excluding carboxylic acids is 1. The first-order valence-electron chi connectivity index (χ1n) is 6.36. The van der Waals surface area contributed by atoms with E-state index in [-0.39, 0.29) is 18.3 Å². The molecule has 1 heterocycles. The highest BCUT2D eigenvalue weighted by Crippen LogP contribution is 2.15. The number of amides is 1. The Hall–Kier alpha value is -2.49. The van der Waals surface area contributed by atoms with Gasteiger partial charge in [-0.25, -0.2) is 0 Å². The van der Waals surface area contributed by atoms with Crippen LogP contribution in [0.4, 0.5) is 0 Å². The van der Waals surface area contributed by atoms with Crippen molar-refractivity contribution in [1.29, 1.82) is 0 Å². The average Bonchev–Trinajstić information content (AvgIpc) is 2.93. The lowest BCUT2D eigenvalue weighted by atomic mass is 10.2. The second kappa shape index (κ2) is 6.61. The lowest BCUT2D eigenvalue weighted by molar-refractivity contribution is 0.0926. The van der Waals surface area contributed by atoms with Crippen molar-refractivity contribution < 1.29 is 13.9 Å². The molecule has 2 aromatic rings. The molecule has 4 nitrogen and oxygen atoms in total. The van der Waals surface area contributed by atoms with Crippen molar-refractivity contribution >= 4 is 5.91 Å². The Balaban J connectivity index is 1.91. The van der Waals surface area contributed by atoms with Gasteiger partial charge in [0.25, 0.3) is 5.91 Å². The van der Waals surface area contributed by atoms with Gasteiger partial charge in [-0.2, -0.15) is 0 Å². The van der Waals surface area contributed by atoms with E-state index in [1.807, 2.05) is 31.2 Å². The van der Waals surface area contributed by atoms with E-state index in [1.165, 1.54) is 5.56 Å². The van der Waals surface area contributed by atoms with Gasteiger partial charge in [0, 0.05) is 6.54 Å². The fraction of sp³-hybridized carbons (Fsp3) is 0.188. The molecule has 0 saturated carbocycles. The number of carbonyl (C=O) groups is 1. The summed E-state index contributed by atoms with van der Waals surface area (Å²) in [5, 5.41) is 2.65. The van der Waals surface area contributed by atoms with Gasteiger partial charge < -0.3 is 14.5 Å². The van der Waals surface area contributed by atoms with Gasteiger partial charge in [-0.1, -0.05) is 23.8 Å². The maximum atomic E-state index is 11.6. The van der Waals surface area contributed by atoms with E-state index in [1.54, 1.807) is 18.2 Å². The smallest absolute Gasteiger partial charge is 0.287 e. The van der Waals surface area contributed by atoms with Crippen LogP contribution in [0.3, 0.4) is 0 Å². The van der Waals surface area contributed by atoms with Gasteiger partial charge in [-0.15, -0.1) is 6.58 Å². The van der Waals surface area contributed by atoms with Crippen LogP contribution < -0.4 is 10.1 Å². The summed E-state index contributed by atoms with van der Waals surface area (Å²) in [5.41, 5.74) is 1.18. The molecule has 0 radical (unpaired) electrons. The number of furan rings is 1. The van der Waals surface area contributed by atoms with Crippen molar-refractivity contribution in [2.24, 2.45) is 0 Å². The van der Waals surface area contributed by atoms with Crippen LogP contribution in [0, 0.1) is 6.92 Å². The first-order valence-corrected chi connectivity index (χ1v) is 6.36. The van der Waals surface area contributed by atoms with Crippen LogP contribution in [-0.4, -0.2) is 12.5 Å². The highest BCUT2D eigenvalue weighted by molar-refractivity contribution is 5.91. The van der Waals surface area contributed by atoms with E-state index in [4.69, 9.17) is 9.15 Å². The third kappa shape index (κ3) is 3.75. The van der Waals surface area contributed by atoms with Crippen molar-refractivity contribution in [3.63, 3.8) is 0 Å². The maximum Gasteiger partial charge on any atom is 0.287 e.